The lowest BCUT2D eigenvalue weighted by molar-refractivity contribution is 0.139. The van der Waals surface area contributed by atoms with Crippen molar-refractivity contribution < 1.29 is 13.9 Å². The second kappa shape index (κ2) is 6.34. The van der Waals surface area contributed by atoms with Crippen molar-refractivity contribution in [2.24, 2.45) is 0 Å². The van der Waals surface area contributed by atoms with Crippen molar-refractivity contribution in [3.8, 4) is 0 Å². The minimum atomic E-state index is -0.684. The van der Waals surface area contributed by atoms with Crippen molar-refractivity contribution in [1.29, 1.82) is 0 Å². The van der Waals surface area contributed by atoms with Gasteiger partial charge in [-0.1, -0.05) is 41.9 Å². The molecule has 2 aromatic carbocycles. The molecule has 2 heterocycles. The lowest BCUT2D eigenvalue weighted by Gasteiger charge is -2.07. The van der Waals surface area contributed by atoms with Crippen LogP contribution in [-0.4, -0.2) is 26.1 Å². The van der Waals surface area contributed by atoms with Crippen LogP contribution in [0.1, 0.15) is 11.3 Å². The molecule has 0 atom stereocenters. The molecule has 0 radical (unpaired) electrons. The summed E-state index contributed by atoms with van der Waals surface area (Å²) in [5, 5.41) is 12.6. The largest absolute Gasteiger partial charge is 0.443 e. The minimum absolute atomic E-state index is 0.0689. The number of fused-ring (bicyclic) bond motifs is 3. The number of benzene rings is 2. The summed E-state index contributed by atoms with van der Waals surface area (Å²) in [6.45, 7) is 1.78. The van der Waals surface area contributed by atoms with Crippen molar-refractivity contribution in [2.45, 2.75) is 13.5 Å². The van der Waals surface area contributed by atoms with Gasteiger partial charge in [0, 0.05) is 5.39 Å². The topological polar surface area (TPSA) is 69.9 Å². The van der Waals surface area contributed by atoms with Gasteiger partial charge in [-0.2, -0.15) is 9.78 Å². The van der Waals surface area contributed by atoms with Crippen LogP contribution in [0.2, 0.25) is 5.02 Å². The Morgan fingerprint density at radius 1 is 1.23 bits per heavy atom. The average molecular weight is 371 g/mol. The molecule has 0 saturated heterocycles. The molecular formula is C18H12ClFN4O2. The average Bonchev–Trinajstić information content (AvgIpc) is 2.99. The fourth-order valence-corrected chi connectivity index (χ4v) is 2.86. The first-order chi connectivity index (χ1) is 12.5. The fraction of sp³-hybridized carbons (Fsp3) is 0.111. The number of hydrogen-bond acceptors (Lipinski definition) is 5. The summed E-state index contributed by atoms with van der Waals surface area (Å²) in [5.74, 6) is -0.614. The van der Waals surface area contributed by atoms with Crippen LogP contribution < -0.4 is 0 Å². The van der Waals surface area contributed by atoms with Crippen LogP contribution in [0.15, 0.2) is 42.5 Å². The van der Waals surface area contributed by atoms with Gasteiger partial charge in [0.05, 0.1) is 16.2 Å². The molecule has 2 aromatic heterocycles. The molecule has 8 heteroatoms. The molecule has 0 spiro atoms. The Balaban J connectivity index is 1.80. The van der Waals surface area contributed by atoms with Crippen LogP contribution in [0, 0.1) is 12.7 Å². The van der Waals surface area contributed by atoms with Crippen LogP contribution in [0.5, 0.6) is 0 Å². The van der Waals surface area contributed by atoms with E-state index in [4.69, 9.17) is 16.3 Å². The van der Waals surface area contributed by atoms with Crippen molar-refractivity contribution >= 4 is 39.6 Å². The maximum absolute atomic E-state index is 14.0. The second-order valence-electron chi connectivity index (χ2n) is 5.72. The summed E-state index contributed by atoms with van der Waals surface area (Å²) in [6.07, 6.45) is -0.684. The Bertz CT molecular complexity index is 1140. The zero-order valence-corrected chi connectivity index (χ0v) is 14.4. The number of nitrogens with zero attached hydrogens (tertiary/aromatic N) is 4. The first kappa shape index (κ1) is 16.4. The Hall–Kier alpha value is -3.06. The predicted molar refractivity (Wildman–Crippen MR) is 94.6 cm³/mol. The SMILES string of the molecule is Cc1nn(C(=O)OCc2ccccc2)c2c1nnc1cc(Cl)c(F)cc12. The Labute approximate surface area is 152 Å². The maximum Gasteiger partial charge on any atom is 0.435 e. The van der Waals surface area contributed by atoms with E-state index in [0.717, 1.165) is 10.2 Å². The molecule has 0 amide bonds. The van der Waals surface area contributed by atoms with Crippen molar-refractivity contribution in [3.63, 3.8) is 0 Å². The maximum atomic E-state index is 14.0. The highest BCUT2D eigenvalue weighted by Crippen LogP contribution is 2.28. The van der Waals surface area contributed by atoms with Gasteiger partial charge >= 0.3 is 6.09 Å². The number of rotatable bonds is 2. The Morgan fingerprint density at radius 3 is 2.77 bits per heavy atom. The molecule has 0 N–H and O–H groups in total. The first-order valence-corrected chi connectivity index (χ1v) is 8.14. The van der Waals surface area contributed by atoms with E-state index in [-0.39, 0.29) is 11.6 Å². The van der Waals surface area contributed by atoms with E-state index in [1.807, 2.05) is 30.3 Å². The van der Waals surface area contributed by atoms with Crippen molar-refractivity contribution in [3.05, 3.63) is 64.6 Å². The number of halogens is 2. The number of hydrogen-bond donors (Lipinski definition) is 0. The number of aryl methyl sites for hydroxylation is 1. The van der Waals surface area contributed by atoms with Gasteiger partial charge in [0.25, 0.3) is 0 Å². The molecule has 26 heavy (non-hydrogen) atoms. The molecule has 4 aromatic rings. The van der Waals surface area contributed by atoms with E-state index in [1.165, 1.54) is 12.1 Å². The molecular weight excluding hydrogens is 359 g/mol. The third kappa shape index (κ3) is 2.76. The van der Waals surface area contributed by atoms with Gasteiger partial charge in [-0.05, 0) is 24.6 Å². The summed E-state index contributed by atoms with van der Waals surface area (Å²) < 4.78 is 20.4. The number of carbonyl (C=O) groups is 1. The summed E-state index contributed by atoms with van der Waals surface area (Å²) in [5.41, 5.74) is 2.43. The van der Waals surface area contributed by atoms with E-state index in [9.17, 15) is 9.18 Å². The standard InChI is InChI=1S/C18H12ClFN4O2/c1-10-16-17(12-7-14(20)13(19)8-15(12)21-22-16)24(23-10)18(25)26-9-11-5-3-2-4-6-11/h2-8H,9H2,1H3. The predicted octanol–water partition coefficient (Wildman–Crippen LogP) is 4.27. The van der Waals surface area contributed by atoms with E-state index in [1.54, 1.807) is 6.92 Å². The van der Waals surface area contributed by atoms with Gasteiger partial charge in [0.2, 0.25) is 0 Å². The zero-order valence-electron chi connectivity index (χ0n) is 13.6. The summed E-state index contributed by atoms with van der Waals surface area (Å²) in [7, 11) is 0. The van der Waals surface area contributed by atoms with Crippen LogP contribution in [0.4, 0.5) is 9.18 Å². The number of carbonyl (C=O) groups excluding carboxylic acids is 1. The molecule has 6 nitrogen and oxygen atoms in total. The lowest BCUT2D eigenvalue weighted by Crippen LogP contribution is -2.15. The highest BCUT2D eigenvalue weighted by Gasteiger charge is 2.20. The summed E-state index contributed by atoms with van der Waals surface area (Å²) in [4.78, 5) is 12.6. The van der Waals surface area contributed by atoms with E-state index >= 15 is 0 Å². The third-order valence-electron chi connectivity index (χ3n) is 3.96. The van der Waals surface area contributed by atoms with Crippen LogP contribution in [0.25, 0.3) is 21.9 Å². The van der Waals surface area contributed by atoms with Gasteiger partial charge in [-0.25, -0.2) is 9.18 Å². The number of ether oxygens (including phenoxy) is 1. The van der Waals surface area contributed by atoms with E-state index < -0.39 is 11.9 Å². The van der Waals surface area contributed by atoms with Gasteiger partial charge in [0.15, 0.2) is 0 Å². The highest BCUT2D eigenvalue weighted by molar-refractivity contribution is 6.31. The van der Waals surface area contributed by atoms with E-state index in [0.29, 0.717) is 27.6 Å². The Kier molecular flexibility index (Phi) is 4.00. The molecule has 0 aliphatic heterocycles. The first-order valence-electron chi connectivity index (χ1n) is 7.76. The molecule has 0 saturated carbocycles. The summed E-state index contributed by atoms with van der Waals surface area (Å²) >= 11 is 5.81. The molecule has 0 bridgehead atoms. The van der Waals surface area contributed by atoms with Crippen molar-refractivity contribution in [1.82, 2.24) is 20.0 Å². The number of aromatic nitrogens is 4. The van der Waals surface area contributed by atoms with Gasteiger partial charge in [0.1, 0.15) is 23.5 Å². The van der Waals surface area contributed by atoms with Gasteiger partial charge in [-0.3, -0.25) is 0 Å². The molecule has 0 aliphatic rings. The minimum Gasteiger partial charge on any atom is -0.443 e. The molecule has 4 rings (SSSR count). The van der Waals surface area contributed by atoms with E-state index in [2.05, 4.69) is 15.3 Å². The lowest BCUT2D eigenvalue weighted by atomic mass is 10.2. The fourth-order valence-electron chi connectivity index (χ4n) is 2.71. The van der Waals surface area contributed by atoms with Crippen LogP contribution in [-0.2, 0) is 11.3 Å². The third-order valence-corrected chi connectivity index (χ3v) is 4.25. The second-order valence-corrected chi connectivity index (χ2v) is 6.13. The smallest absolute Gasteiger partial charge is 0.435 e. The highest BCUT2D eigenvalue weighted by atomic mass is 35.5. The Morgan fingerprint density at radius 2 is 2.00 bits per heavy atom. The van der Waals surface area contributed by atoms with Crippen LogP contribution >= 0.6 is 11.6 Å². The van der Waals surface area contributed by atoms with Crippen LogP contribution in [0.3, 0.4) is 0 Å². The molecule has 130 valence electrons. The summed E-state index contributed by atoms with van der Waals surface area (Å²) in [6, 6.07) is 11.9. The zero-order chi connectivity index (χ0) is 18.3. The molecule has 0 unspecified atom stereocenters. The molecule has 0 fully saturated rings. The van der Waals surface area contributed by atoms with Crippen molar-refractivity contribution in [2.75, 3.05) is 0 Å². The quantitative estimate of drug-likeness (QED) is 0.527. The molecule has 0 aliphatic carbocycles. The normalized spacial score (nSPS) is 11.2. The van der Waals surface area contributed by atoms with Gasteiger partial charge in [-0.15, -0.1) is 10.2 Å². The monoisotopic (exact) mass is 370 g/mol. The van der Waals surface area contributed by atoms with Gasteiger partial charge < -0.3 is 4.74 Å².